The highest BCUT2D eigenvalue weighted by Gasteiger charge is 2.31. The molecule has 6 nitrogen and oxygen atoms in total. The SMILES string of the molecule is CCCN1C(=O)/C(=C\c2ccc(-c3ccc([N+](=O)[O-])cc3C)o2)SC1=S. The smallest absolute Gasteiger partial charge is 0.269 e. The lowest BCUT2D eigenvalue weighted by Gasteiger charge is -2.11. The number of carbonyl (C=O) groups excluding carboxylic acids is 1. The van der Waals surface area contributed by atoms with Gasteiger partial charge in [-0.15, -0.1) is 0 Å². The third kappa shape index (κ3) is 3.56. The Morgan fingerprint density at radius 1 is 1.35 bits per heavy atom. The summed E-state index contributed by atoms with van der Waals surface area (Å²) < 4.78 is 6.37. The highest BCUT2D eigenvalue weighted by Crippen LogP contribution is 2.34. The van der Waals surface area contributed by atoms with Crippen molar-refractivity contribution in [2.45, 2.75) is 20.3 Å². The molecule has 0 atom stereocenters. The van der Waals surface area contributed by atoms with Crippen molar-refractivity contribution in [3.8, 4) is 11.3 Å². The van der Waals surface area contributed by atoms with Gasteiger partial charge in [-0.25, -0.2) is 0 Å². The molecule has 1 fully saturated rings. The summed E-state index contributed by atoms with van der Waals surface area (Å²) in [5.41, 5.74) is 1.56. The standard InChI is InChI=1S/C18H16N2O4S2/c1-3-8-19-17(21)16(26-18(19)25)10-13-5-7-15(24-13)14-6-4-12(20(22)23)9-11(14)2/h4-7,9-10H,3,8H2,1-2H3/b16-10+. The Morgan fingerprint density at radius 3 is 2.77 bits per heavy atom. The largest absolute Gasteiger partial charge is 0.457 e. The van der Waals surface area contributed by atoms with Gasteiger partial charge in [-0.05, 0) is 37.1 Å². The van der Waals surface area contributed by atoms with Crippen LogP contribution < -0.4 is 0 Å². The van der Waals surface area contributed by atoms with E-state index in [0.29, 0.717) is 27.3 Å². The zero-order valence-corrected chi connectivity index (χ0v) is 15.9. The maximum atomic E-state index is 12.4. The van der Waals surface area contributed by atoms with E-state index in [2.05, 4.69) is 0 Å². The molecule has 1 aliphatic rings. The van der Waals surface area contributed by atoms with Gasteiger partial charge in [0.2, 0.25) is 0 Å². The molecule has 0 N–H and O–H groups in total. The van der Waals surface area contributed by atoms with Gasteiger partial charge in [0.1, 0.15) is 15.8 Å². The fraction of sp³-hybridized carbons (Fsp3) is 0.222. The summed E-state index contributed by atoms with van der Waals surface area (Å²) in [5, 5.41) is 10.9. The summed E-state index contributed by atoms with van der Waals surface area (Å²) in [6, 6.07) is 8.17. The number of thiocarbonyl (C=S) groups is 1. The lowest BCUT2D eigenvalue weighted by Crippen LogP contribution is -2.28. The van der Waals surface area contributed by atoms with Crippen LogP contribution in [0, 0.1) is 17.0 Å². The van der Waals surface area contributed by atoms with Crippen LogP contribution in [0.2, 0.25) is 0 Å². The molecule has 0 radical (unpaired) electrons. The van der Waals surface area contributed by atoms with Gasteiger partial charge in [0.05, 0.1) is 9.83 Å². The predicted octanol–water partition coefficient (Wildman–Crippen LogP) is 4.77. The third-order valence-electron chi connectivity index (χ3n) is 3.91. The fourth-order valence-corrected chi connectivity index (χ4v) is 3.95. The van der Waals surface area contributed by atoms with Crippen molar-refractivity contribution in [1.82, 2.24) is 4.90 Å². The second-order valence-electron chi connectivity index (χ2n) is 5.79. The van der Waals surface area contributed by atoms with E-state index in [1.54, 1.807) is 36.1 Å². The number of thioether (sulfide) groups is 1. The van der Waals surface area contributed by atoms with Gasteiger partial charge in [-0.3, -0.25) is 19.8 Å². The van der Waals surface area contributed by atoms with Crippen LogP contribution in [-0.2, 0) is 4.79 Å². The first kappa shape index (κ1) is 18.3. The molecule has 0 spiro atoms. The number of nitro benzene ring substituents is 1. The normalized spacial score (nSPS) is 15.9. The summed E-state index contributed by atoms with van der Waals surface area (Å²) in [5.74, 6) is 1.02. The minimum atomic E-state index is -0.428. The lowest BCUT2D eigenvalue weighted by molar-refractivity contribution is -0.384. The van der Waals surface area contributed by atoms with E-state index < -0.39 is 4.92 Å². The van der Waals surface area contributed by atoms with E-state index in [4.69, 9.17) is 16.6 Å². The number of benzene rings is 1. The molecule has 1 aromatic carbocycles. The van der Waals surface area contributed by atoms with Gasteiger partial charge in [0.25, 0.3) is 11.6 Å². The molecule has 2 heterocycles. The molecule has 26 heavy (non-hydrogen) atoms. The number of nitro groups is 1. The fourth-order valence-electron chi connectivity index (χ4n) is 2.66. The minimum absolute atomic E-state index is 0.0395. The first-order valence-electron chi connectivity index (χ1n) is 8.01. The van der Waals surface area contributed by atoms with E-state index in [1.165, 1.54) is 23.9 Å². The van der Waals surface area contributed by atoms with Crippen molar-refractivity contribution in [3.05, 3.63) is 56.7 Å². The molecule has 1 saturated heterocycles. The van der Waals surface area contributed by atoms with Gasteiger partial charge < -0.3 is 4.42 Å². The molecular formula is C18H16N2O4S2. The Morgan fingerprint density at radius 2 is 2.12 bits per heavy atom. The molecule has 0 aliphatic carbocycles. The number of carbonyl (C=O) groups is 1. The monoisotopic (exact) mass is 388 g/mol. The van der Waals surface area contributed by atoms with E-state index >= 15 is 0 Å². The highest BCUT2D eigenvalue weighted by atomic mass is 32.2. The van der Waals surface area contributed by atoms with Crippen molar-refractivity contribution in [3.63, 3.8) is 0 Å². The van der Waals surface area contributed by atoms with Gasteiger partial charge in [0.15, 0.2) is 0 Å². The molecule has 1 aliphatic heterocycles. The van der Waals surface area contributed by atoms with Crippen LogP contribution in [0.4, 0.5) is 5.69 Å². The first-order valence-corrected chi connectivity index (χ1v) is 9.23. The first-order chi connectivity index (χ1) is 12.4. The zero-order chi connectivity index (χ0) is 18.8. The maximum absolute atomic E-state index is 12.4. The number of furan rings is 1. The molecule has 0 saturated carbocycles. The minimum Gasteiger partial charge on any atom is -0.457 e. The van der Waals surface area contributed by atoms with Crippen molar-refractivity contribution < 1.29 is 14.1 Å². The quantitative estimate of drug-likeness (QED) is 0.318. The molecule has 0 bridgehead atoms. The van der Waals surface area contributed by atoms with E-state index in [1.807, 2.05) is 6.92 Å². The van der Waals surface area contributed by atoms with Crippen LogP contribution in [0.15, 0.2) is 39.7 Å². The summed E-state index contributed by atoms with van der Waals surface area (Å²) in [6.45, 7) is 4.39. The van der Waals surface area contributed by atoms with Crippen molar-refractivity contribution in [1.29, 1.82) is 0 Å². The molecule has 8 heteroatoms. The molecule has 1 amide bonds. The van der Waals surface area contributed by atoms with Crippen LogP contribution in [0.5, 0.6) is 0 Å². The highest BCUT2D eigenvalue weighted by molar-refractivity contribution is 8.26. The molecular weight excluding hydrogens is 372 g/mol. The second-order valence-corrected chi connectivity index (χ2v) is 7.47. The number of rotatable bonds is 5. The van der Waals surface area contributed by atoms with Gasteiger partial charge in [-0.2, -0.15) is 0 Å². The van der Waals surface area contributed by atoms with Crippen LogP contribution in [0.3, 0.4) is 0 Å². The summed E-state index contributed by atoms with van der Waals surface area (Å²) in [6.07, 6.45) is 2.52. The van der Waals surface area contributed by atoms with Gasteiger partial charge in [-0.1, -0.05) is 30.9 Å². The Kier molecular flexibility index (Phi) is 5.24. The Hall–Kier alpha value is -2.45. The van der Waals surface area contributed by atoms with E-state index in [9.17, 15) is 14.9 Å². The van der Waals surface area contributed by atoms with Crippen molar-refractivity contribution >= 4 is 46.0 Å². The average Bonchev–Trinajstić information content (AvgIpc) is 3.15. The molecule has 1 aromatic heterocycles. The third-order valence-corrected chi connectivity index (χ3v) is 5.28. The Bertz CT molecular complexity index is 933. The van der Waals surface area contributed by atoms with Crippen LogP contribution in [0.1, 0.15) is 24.7 Å². The second kappa shape index (κ2) is 7.43. The zero-order valence-electron chi connectivity index (χ0n) is 14.2. The summed E-state index contributed by atoms with van der Waals surface area (Å²) in [7, 11) is 0. The Balaban J connectivity index is 1.86. The number of hydrogen-bond donors (Lipinski definition) is 0. The van der Waals surface area contributed by atoms with Gasteiger partial charge >= 0.3 is 0 Å². The number of nitrogens with zero attached hydrogens (tertiary/aromatic N) is 2. The topological polar surface area (TPSA) is 76.6 Å². The number of non-ortho nitro benzene ring substituents is 1. The number of hydrogen-bond acceptors (Lipinski definition) is 6. The van der Waals surface area contributed by atoms with Crippen molar-refractivity contribution in [2.75, 3.05) is 6.54 Å². The van der Waals surface area contributed by atoms with Crippen LogP contribution in [-0.4, -0.2) is 26.6 Å². The summed E-state index contributed by atoms with van der Waals surface area (Å²) >= 11 is 6.51. The molecule has 2 aromatic rings. The molecule has 3 rings (SSSR count). The van der Waals surface area contributed by atoms with Crippen LogP contribution in [0.25, 0.3) is 17.4 Å². The van der Waals surface area contributed by atoms with E-state index in [0.717, 1.165) is 17.5 Å². The average molecular weight is 388 g/mol. The number of aryl methyl sites for hydroxylation is 1. The lowest BCUT2D eigenvalue weighted by atomic mass is 10.1. The predicted molar refractivity (Wildman–Crippen MR) is 106 cm³/mol. The van der Waals surface area contributed by atoms with Crippen LogP contribution >= 0.6 is 24.0 Å². The maximum Gasteiger partial charge on any atom is 0.269 e. The van der Waals surface area contributed by atoms with Gasteiger partial charge in [0, 0.05) is 30.3 Å². The van der Waals surface area contributed by atoms with E-state index in [-0.39, 0.29) is 11.6 Å². The molecule has 134 valence electrons. The molecule has 0 unspecified atom stereocenters. The van der Waals surface area contributed by atoms with Crippen molar-refractivity contribution in [2.24, 2.45) is 0 Å². The Labute approximate surface area is 160 Å². The number of amides is 1. The summed E-state index contributed by atoms with van der Waals surface area (Å²) in [4.78, 5) is 24.9.